The predicted molar refractivity (Wildman–Crippen MR) is 51.7 cm³/mol. The number of halogens is 2. The maximum absolute atomic E-state index is 10.7. The average molecular weight is 428 g/mol. The molecule has 0 fully saturated rings. The smallest absolute Gasteiger partial charge is 0.282 e. The van der Waals surface area contributed by atoms with Gasteiger partial charge in [0.1, 0.15) is 4.90 Å². The molecule has 68 valence electrons. The van der Waals surface area contributed by atoms with Gasteiger partial charge >= 0.3 is 0 Å². The molecule has 0 aliphatic rings. The zero-order chi connectivity index (χ0) is 9.35. The van der Waals surface area contributed by atoms with Gasteiger partial charge in [-0.3, -0.25) is 4.55 Å². The molecule has 1 aromatic rings. The monoisotopic (exact) mass is 428 g/mol. The summed E-state index contributed by atoms with van der Waals surface area (Å²) in [5.41, 5.74) is 0. The fraction of sp³-hybridized carbons (Fsp3) is 0. The third-order valence-electron chi connectivity index (χ3n) is 1.17. The molecule has 0 radical (unpaired) electrons. The molecule has 0 spiro atoms. The van der Waals surface area contributed by atoms with Crippen LogP contribution in [0.15, 0.2) is 32.0 Å². The van der Waals surface area contributed by atoms with Crippen LogP contribution in [-0.2, 0) is 37.4 Å². The summed E-state index contributed by atoms with van der Waals surface area (Å²) in [6, 6.07) is 4.52. The first kappa shape index (κ1) is 14.0. The van der Waals surface area contributed by atoms with Crippen LogP contribution in [0.5, 0.6) is 0 Å². The van der Waals surface area contributed by atoms with Crippen LogP contribution in [0.3, 0.4) is 0 Å². The summed E-state index contributed by atoms with van der Waals surface area (Å²) in [6.45, 7) is 0. The number of hydrogen-bond acceptors (Lipinski definition) is 2. The van der Waals surface area contributed by atoms with E-state index in [1.54, 1.807) is 6.07 Å². The Morgan fingerprint density at radius 3 is 2.15 bits per heavy atom. The largest absolute Gasteiger partial charge is 0.295 e. The van der Waals surface area contributed by atoms with Gasteiger partial charge in [0.05, 0.1) is 0 Å². The predicted octanol–water partition coefficient (Wildman–Crippen LogP) is 2.46. The molecular weight excluding hydrogens is 424 g/mol. The summed E-state index contributed by atoms with van der Waals surface area (Å²) in [5, 5.41) is 0. The maximum atomic E-state index is 10.7. The standard InChI is InChI=1S/C6H4Br2O3S.Cd/c7-4-1-2-5(8)6(3-4)12(9,10)11;/h1-3H,(H,9,10,11);. The number of rotatable bonds is 1. The topological polar surface area (TPSA) is 54.4 Å². The molecule has 0 saturated carbocycles. The van der Waals surface area contributed by atoms with Crippen LogP contribution >= 0.6 is 31.9 Å². The van der Waals surface area contributed by atoms with Crippen molar-refractivity contribution in [2.45, 2.75) is 4.90 Å². The molecule has 1 rings (SSSR count). The van der Waals surface area contributed by atoms with Crippen LogP contribution in [0.4, 0.5) is 0 Å². The Morgan fingerprint density at radius 2 is 1.77 bits per heavy atom. The van der Waals surface area contributed by atoms with Gasteiger partial charge in [0, 0.05) is 36.2 Å². The van der Waals surface area contributed by atoms with E-state index in [2.05, 4.69) is 31.9 Å². The zero-order valence-electron chi connectivity index (χ0n) is 6.37. The Balaban J connectivity index is 0.00000144. The van der Waals surface area contributed by atoms with Crippen LogP contribution in [0.2, 0.25) is 0 Å². The Labute approximate surface area is 113 Å². The molecule has 1 N–H and O–H groups in total. The summed E-state index contributed by atoms with van der Waals surface area (Å²) < 4.78 is 31.1. The summed E-state index contributed by atoms with van der Waals surface area (Å²) in [4.78, 5) is -0.142. The van der Waals surface area contributed by atoms with Gasteiger partial charge in [-0.2, -0.15) is 8.42 Å². The van der Waals surface area contributed by atoms with E-state index in [-0.39, 0.29) is 32.2 Å². The van der Waals surface area contributed by atoms with Crippen molar-refractivity contribution in [3.05, 3.63) is 27.1 Å². The Hall–Kier alpha value is 1.01. The Bertz CT molecular complexity index is 404. The van der Waals surface area contributed by atoms with Gasteiger partial charge in [-0.05, 0) is 34.1 Å². The van der Waals surface area contributed by atoms with E-state index in [1.165, 1.54) is 12.1 Å². The summed E-state index contributed by atoms with van der Waals surface area (Å²) in [5.74, 6) is 0. The second-order valence-corrected chi connectivity index (χ2v) is 5.21. The van der Waals surface area contributed by atoms with Crippen LogP contribution in [0.1, 0.15) is 0 Å². The normalized spacial score (nSPS) is 10.7. The van der Waals surface area contributed by atoms with Crippen molar-refractivity contribution >= 4 is 42.0 Å². The molecule has 0 aliphatic heterocycles. The maximum Gasteiger partial charge on any atom is 0.295 e. The molecular formula is C6H4Br2CdO3S. The van der Waals surface area contributed by atoms with E-state index >= 15 is 0 Å². The second kappa shape index (κ2) is 5.19. The van der Waals surface area contributed by atoms with E-state index in [1.807, 2.05) is 0 Å². The van der Waals surface area contributed by atoms with Crippen molar-refractivity contribution in [1.82, 2.24) is 0 Å². The zero-order valence-corrected chi connectivity index (χ0v) is 14.4. The first-order chi connectivity index (χ1) is 5.41. The molecule has 0 saturated heterocycles. The van der Waals surface area contributed by atoms with Crippen molar-refractivity contribution in [3.8, 4) is 0 Å². The minimum absolute atomic E-state index is 0. The molecule has 0 heterocycles. The van der Waals surface area contributed by atoms with Crippen LogP contribution in [0.25, 0.3) is 0 Å². The first-order valence-corrected chi connectivity index (χ1v) is 5.86. The van der Waals surface area contributed by atoms with Gasteiger partial charge in [0.2, 0.25) is 0 Å². The number of hydrogen-bond donors (Lipinski definition) is 1. The molecule has 0 aliphatic carbocycles. The van der Waals surface area contributed by atoms with Crippen molar-refractivity contribution in [2.75, 3.05) is 0 Å². The number of benzene rings is 1. The summed E-state index contributed by atoms with van der Waals surface area (Å²) in [6.07, 6.45) is 0. The Morgan fingerprint density at radius 1 is 1.23 bits per heavy atom. The SMILES string of the molecule is O=S(=O)(O)c1cc(Br)ccc1Br.[Cd]. The van der Waals surface area contributed by atoms with Gasteiger partial charge in [0.25, 0.3) is 10.1 Å². The molecule has 0 aromatic heterocycles. The summed E-state index contributed by atoms with van der Waals surface area (Å²) >= 11 is 6.10. The van der Waals surface area contributed by atoms with E-state index in [0.717, 1.165) is 0 Å². The van der Waals surface area contributed by atoms with Gasteiger partial charge in [-0.25, -0.2) is 0 Å². The van der Waals surface area contributed by atoms with Crippen LogP contribution in [0, 0.1) is 0 Å². The van der Waals surface area contributed by atoms with Crippen LogP contribution < -0.4 is 0 Å². The molecule has 3 nitrogen and oxygen atoms in total. The molecule has 0 bridgehead atoms. The molecule has 0 amide bonds. The fourth-order valence-electron chi connectivity index (χ4n) is 0.675. The van der Waals surface area contributed by atoms with Gasteiger partial charge in [-0.1, -0.05) is 15.9 Å². The van der Waals surface area contributed by atoms with Crippen molar-refractivity contribution < 1.29 is 40.3 Å². The minimum Gasteiger partial charge on any atom is -0.282 e. The van der Waals surface area contributed by atoms with Crippen molar-refractivity contribution in [2.24, 2.45) is 0 Å². The quantitative estimate of drug-likeness (QED) is 0.553. The van der Waals surface area contributed by atoms with Gasteiger partial charge in [-0.15, -0.1) is 0 Å². The average Bonchev–Trinajstić information content (AvgIpc) is 1.92. The van der Waals surface area contributed by atoms with Crippen molar-refractivity contribution in [3.63, 3.8) is 0 Å². The summed E-state index contributed by atoms with van der Waals surface area (Å²) in [7, 11) is -4.13. The third kappa shape index (κ3) is 3.94. The molecule has 7 heteroatoms. The fourth-order valence-corrected chi connectivity index (χ4v) is 2.64. The minimum atomic E-state index is -4.13. The third-order valence-corrected chi connectivity index (χ3v) is 3.51. The van der Waals surface area contributed by atoms with E-state index < -0.39 is 10.1 Å². The van der Waals surface area contributed by atoms with Crippen LogP contribution in [-0.4, -0.2) is 13.0 Å². The second-order valence-electron chi connectivity index (χ2n) is 2.05. The van der Waals surface area contributed by atoms with Gasteiger partial charge in [0.15, 0.2) is 0 Å². The first-order valence-electron chi connectivity index (χ1n) is 2.84. The van der Waals surface area contributed by atoms with Gasteiger partial charge < -0.3 is 0 Å². The van der Waals surface area contributed by atoms with E-state index in [9.17, 15) is 8.42 Å². The Kier molecular flexibility index (Phi) is 5.60. The molecule has 0 atom stereocenters. The molecule has 1 aromatic carbocycles. The van der Waals surface area contributed by atoms with E-state index in [4.69, 9.17) is 4.55 Å². The van der Waals surface area contributed by atoms with E-state index in [0.29, 0.717) is 8.95 Å². The van der Waals surface area contributed by atoms with Crippen molar-refractivity contribution in [1.29, 1.82) is 0 Å². The molecule has 13 heavy (non-hydrogen) atoms. The molecule has 0 unspecified atom stereocenters.